The summed E-state index contributed by atoms with van der Waals surface area (Å²) in [5.41, 5.74) is -0.0685. The van der Waals surface area contributed by atoms with Gasteiger partial charge in [0.25, 0.3) is 0 Å². The fourth-order valence-electron chi connectivity index (χ4n) is 1.60. The van der Waals surface area contributed by atoms with E-state index >= 15 is 0 Å². The third kappa shape index (κ3) is 5.78. The van der Waals surface area contributed by atoms with E-state index in [1.54, 1.807) is 0 Å². The summed E-state index contributed by atoms with van der Waals surface area (Å²) in [5, 5.41) is 8.86. The Bertz CT molecular complexity index is 192. The average molecular weight is 215 g/mol. The largest absolute Gasteiger partial charge is 0.480 e. The van der Waals surface area contributed by atoms with Crippen LogP contribution in [-0.4, -0.2) is 34.6 Å². The fourth-order valence-corrected chi connectivity index (χ4v) is 1.60. The van der Waals surface area contributed by atoms with Crippen LogP contribution in [0.4, 0.5) is 0 Å². The lowest BCUT2D eigenvalue weighted by Crippen LogP contribution is -2.46. The third-order valence-electron chi connectivity index (χ3n) is 2.91. The number of carboxylic acid groups (broad SMARTS) is 1. The van der Waals surface area contributed by atoms with Gasteiger partial charge in [-0.1, -0.05) is 26.7 Å². The maximum Gasteiger partial charge on any atom is 0.317 e. The van der Waals surface area contributed by atoms with Crippen molar-refractivity contribution < 1.29 is 9.90 Å². The smallest absolute Gasteiger partial charge is 0.317 e. The second-order valence-electron chi connectivity index (χ2n) is 5.13. The van der Waals surface area contributed by atoms with Gasteiger partial charge in [-0.25, -0.2) is 0 Å². The first-order valence-electron chi connectivity index (χ1n) is 5.78. The molecule has 0 amide bonds. The van der Waals surface area contributed by atoms with Gasteiger partial charge in [-0.2, -0.15) is 0 Å². The molecule has 0 rings (SSSR count). The van der Waals surface area contributed by atoms with Crippen molar-refractivity contribution in [2.75, 3.05) is 13.1 Å². The second kappa shape index (κ2) is 6.11. The summed E-state index contributed by atoms with van der Waals surface area (Å²) in [5.74, 6) is -0.139. The minimum Gasteiger partial charge on any atom is -0.480 e. The molecular weight excluding hydrogens is 190 g/mol. The molecule has 1 N–H and O–H groups in total. The number of aliphatic carboxylic acids is 1. The van der Waals surface area contributed by atoms with Crippen molar-refractivity contribution in [3.05, 3.63) is 0 Å². The molecule has 0 aromatic carbocycles. The first-order valence-corrected chi connectivity index (χ1v) is 5.78. The number of rotatable bonds is 6. The molecule has 0 aromatic rings. The molecule has 0 aromatic heterocycles. The van der Waals surface area contributed by atoms with E-state index in [1.165, 1.54) is 0 Å². The Morgan fingerprint density at radius 3 is 2.00 bits per heavy atom. The molecule has 0 saturated carbocycles. The number of hydrogen-bond donors (Lipinski definition) is 1. The maximum absolute atomic E-state index is 10.8. The zero-order valence-corrected chi connectivity index (χ0v) is 10.7. The van der Waals surface area contributed by atoms with Crippen LogP contribution in [0.1, 0.15) is 47.5 Å². The van der Waals surface area contributed by atoms with Crippen molar-refractivity contribution in [1.82, 2.24) is 4.90 Å². The molecule has 0 bridgehead atoms. The van der Waals surface area contributed by atoms with Gasteiger partial charge in [-0.05, 0) is 26.7 Å². The predicted octanol–water partition coefficient (Wildman–Crippen LogP) is 2.61. The molecule has 3 heteroatoms. The van der Waals surface area contributed by atoms with Gasteiger partial charge in [0.1, 0.15) is 0 Å². The van der Waals surface area contributed by atoms with Crippen molar-refractivity contribution in [1.29, 1.82) is 0 Å². The standard InChI is InChI=1S/C12H25NO2/c1-6-10(7-2)8-13(9-11(14)15)12(3,4)5/h10H,6-9H2,1-5H3,(H,14,15). The van der Waals surface area contributed by atoms with Crippen LogP contribution in [0.2, 0.25) is 0 Å². The monoisotopic (exact) mass is 215 g/mol. The third-order valence-corrected chi connectivity index (χ3v) is 2.91. The van der Waals surface area contributed by atoms with Gasteiger partial charge in [-0.3, -0.25) is 9.69 Å². The zero-order valence-electron chi connectivity index (χ0n) is 10.7. The van der Waals surface area contributed by atoms with Crippen LogP contribution in [0.5, 0.6) is 0 Å². The molecule has 0 aliphatic rings. The minimum absolute atomic E-state index is 0.0685. The first-order chi connectivity index (χ1) is 6.81. The summed E-state index contributed by atoms with van der Waals surface area (Å²) in [6, 6.07) is 0. The first kappa shape index (κ1) is 14.4. The SMILES string of the molecule is CCC(CC)CN(CC(=O)O)C(C)(C)C. The number of carbonyl (C=O) groups is 1. The molecule has 0 aliphatic carbocycles. The van der Waals surface area contributed by atoms with Crippen molar-refractivity contribution in [3.63, 3.8) is 0 Å². The van der Waals surface area contributed by atoms with Crippen molar-refractivity contribution in [3.8, 4) is 0 Å². The van der Waals surface area contributed by atoms with E-state index in [0.29, 0.717) is 5.92 Å². The average Bonchev–Trinajstić information content (AvgIpc) is 2.09. The summed E-state index contributed by atoms with van der Waals surface area (Å²) in [6.07, 6.45) is 2.23. The molecule has 0 heterocycles. The van der Waals surface area contributed by atoms with Gasteiger partial charge in [-0.15, -0.1) is 0 Å². The van der Waals surface area contributed by atoms with Crippen molar-refractivity contribution in [2.24, 2.45) is 5.92 Å². The van der Waals surface area contributed by atoms with Crippen LogP contribution < -0.4 is 0 Å². The lowest BCUT2D eigenvalue weighted by atomic mass is 9.98. The van der Waals surface area contributed by atoms with Crippen LogP contribution in [0.25, 0.3) is 0 Å². The van der Waals surface area contributed by atoms with Gasteiger partial charge < -0.3 is 5.11 Å². The molecule has 3 nitrogen and oxygen atoms in total. The molecule has 0 atom stereocenters. The lowest BCUT2D eigenvalue weighted by Gasteiger charge is -2.36. The summed E-state index contributed by atoms with van der Waals surface area (Å²) >= 11 is 0. The Balaban J connectivity index is 4.43. The van der Waals surface area contributed by atoms with Gasteiger partial charge in [0.2, 0.25) is 0 Å². The van der Waals surface area contributed by atoms with Crippen LogP contribution in [0.3, 0.4) is 0 Å². The maximum atomic E-state index is 10.8. The molecule has 15 heavy (non-hydrogen) atoms. The highest BCUT2D eigenvalue weighted by atomic mass is 16.4. The highest BCUT2D eigenvalue weighted by Gasteiger charge is 2.25. The minimum atomic E-state index is -0.740. The Morgan fingerprint density at radius 2 is 1.73 bits per heavy atom. The Morgan fingerprint density at radius 1 is 1.27 bits per heavy atom. The van der Waals surface area contributed by atoms with E-state index in [9.17, 15) is 4.79 Å². The second-order valence-corrected chi connectivity index (χ2v) is 5.13. The van der Waals surface area contributed by atoms with Gasteiger partial charge in [0, 0.05) is 12.1 Å². The Hall–Kier alpha value is -0.570. The Kier molecular flexibility index (Phi) is 5.88. The van der Waals surface area contributed by atoms with E-state index < -0.39 is 5.97 Å². The van der Waals surface area contributed by atoms with E-state index in [2.05, 4.69) is 34.6 Å². The predicted molar refractivity (Wildman–Crippen MR) is 63.0 cm³/mol. The van der Waals surface area contributed by atoms with Crippen molar-refractivity contribution in [2.45, 2.75) is 53.0 Å². The van der Waals surface area contributed by atoms with Gasteiger partial charge in [0.05, 0.1) is 6.54 Å². The van der Waals surface area contributed by atoms with E-state index in [0.717, 1.165) is 19.4 Å². The summed E-state index contributed by atoms with van der Waals surface area (Å²) in [6.45, 7) is 11.5. The highest BCUT2D eigenvalue weighted by molar-refractivity contribution is 5.69. The lowest BCUT2D eigenvalue weighted by molar-refractivity contribution is -0.140. The number of hydrogen-bond acceptors (Lipinski definition) is 2. The fraction of sp³-hybridized carbons (Fsp3) is 0.917. The number of carboxylic acids is 1. The van der Waals surface area contributed by atoms with Crippen LogP contribution >= 0.6 is 0 Å². The van der Waals surface area contributed by atoms with E-state index in [-0.39, 0.29) is 12.1 Å². The van der Waals surface area contributed by atoms with Gasteiger partial charge >= 0.3 is 5.97 Å². The molecule has 90 valence electrons. The number of nitrogens with zero attached hydrogens (tertiary/aromatic N) is 1. The van der Waals surface area contributed by atoms with Crippen LogP contribution in [-0.2, 0) is 4.79 Å². The molecule has 0 saturated heterocycles. The van der Waals surface area contributed by atoms with Crippen molar-refractivity contribution >= 4 is 5.97 Å². The molecular formula is C12H25NO2. The molecule has 0 unspecified atom stereocenters. The molecule has 0 radical (unpaired) electrons. The Labute approximate surface area is 93.5 Å². The highest BCUT2D eigenvalue weighted by Crippen LogP contribution is 2.18. The quantitative estimate of drug-likeness (QED) is 0.740. The van der Waals surface area contributed by atoms with Crippen LogP contribution in [0, 0.1) is 5.92 Å². The summed E-state index contributed by atoms with van der Waals surface area (Å²) < 4.78 is 0. The molecule has 0 aliphatic heterocycles. The zero-order chi connectivity index (χ0) is 12.1. The molecule has 0 fully saturated rings. The van der Waals surface area contributed by atoms with Crippen LogP contribution in [0.15, 0.2) is 0 Å². The van der Waals surface area contributed by atoms with Gasteiger partial charge in [0.15, 0.2) is 0 Å². The summed E-state index contributed by atoms with van der Waals surface area (Å²) in [4.78, 5) is 12.8. The molecule has 0 spiro atoms. The summed E-state index contributed by atoms with van der Waals surface area (Å²) in [7, 11) is 0. The topological polar surface area (TPSA) is 40.5 Å². The van der Waals surface area contributed by atoms with E-state index in [1.807, 2.05) is 4.90 Å². The van der Waals surface area contributed by atoms with E-state index in [4.69, 9.17) is 5.11 Å². The normalized spacial score (nSPS) is 12.5.